The normalized spacial score (nSPS) is 11.8. The maximum Gasteiger partial charge on any atom is 0.317 e. The topological polar surface area (TPSA) is 83.7 Å². The lowest BCUT2D eigenvalue weighted by Gasteiger charge is -2.25. The lowest BCUT2D eigenvalue weighted by molar-refractivity contribution is -0.384. The van der Waals surface area contributed by atoms with Crippen LogP contribution in [0.5, 0.6) is 0 Å². The molecule has 6 heteroatoms. The maximum atomic E-state index is 10.8. The summed E-state index contributed by atoms with van der Waals surface area (Å²) < 4.78 is 0. The first-order chi connectivity index (χ1) is 8.95. The van der Waals surface area contributed by atoms with Crippen LogP contribution in [-0.4, -0.2) is 34.0 Å². The number of hydrogen-bond donors (Lipinski definition) is 1. The first kappa shape index (κ1) is 14.7. The van der Waals surface area contributed by atoms with Crippen molar-refractivity contribution in [3.63, 3.8) is 0 Å². The molecule has 100 valence electrons. The molecule has 0 aromatic heterocycles. The average molecular weight is 262 g/mol. The fraction of sp³-hybridized carbons (Fsp3) is 0.308. The van der Waals surface area contributed by atoms with E-state index in [1.807, 2.05) is 0 Å². The summed E-state index contributed by atoms with van der Waals surface area (Å²) in [5.74, 6) is 1.44. The molecule has 0 amide bonds. The summed E-state index contributed by atoms with van der Waals surface area (Å²) in [5.41, 5.74) is 0.778. The van der Waals surface area contributed by atoms with Crippen LogP contribution < -0.4 is 0 Å². The zero-order valence-corrected chi connectivity index (χ0v) is 10.4. The molecular weight excluding hydrogens is 248 g/mol. The first-order valence-corrected chi connectivity index (χ1v) is 5.59. The molecule has 0 aliphatic carbocycles. The van der Waals surface area contributed by atoms with Crippen molar-refractivity contribution >= 4 is 11.7 Å². The standard InChI is InChI=1S/C13H14N2O4/c1-3-8-14(9-13(16)17)10(2)11-4-6-12(7-5-11)15(18)19/h1,4-7,10H,8-9H2,2H3,(H,16,17). The van der Waals surface area contributed by atoms with E-state index in [0.717, 1.165) is 5.56 Å². The number of carboxylic acid groups (broad SMARTS) is 1. The third kappa shape index (κ3) is 4.08. The van der Waals surface area contributed by atoms with Gasteiger partial charge in [0.15, 0.2) is 0 Å². The minimum atomic E-state index is -0.969. The van der Waals surface area contributed by atoms with Crippen molar-refractivity contribution in [2.24, 2.45) is 0 Å². The van der Waals surface area contributed by atoms with Crippen molar-refractivity contribution in [2.75, 3.05) is 13.1 Å². The van der Waals surface area contributed by atoms with Crippen LogP contribution in [0, 0.1) is 22.5 Å². The second kappa shape index (κ2) is 6.52. The average Bonchev–Trinajstić information content (AvgIpc) is 2.37. The first-order valence-electron chi connectivity index (χ1n) is 5.59. The monoisotopic (exact) mass is 262 g/mol. The Kier molecular flexibility index (Phi) is 5.03. The second-order valence-electron chi connectivity index (χ2n) is 4.03. The fourth-order valence-electron chi connectivity index (χ4n) is 1.71. The van der Waals surface area contributed by atoms with Crippen LogP contribution in [-0.2, 0) is 4.79 Å². The number of benzene rings is 1. The Hall–Kier alpha value is -2.39. The van der Waals surface area contributed by atoms with Crippen molar-refractivity contribution in [3.05, 3.63) is 39.9 Å². The lowest BCUT2D eigenvalue weighted by Crippen LogP contribution is -2.32. The summed E-state index contributed by atoms with van der Waals surface area (Å²) in [6.07, 6.45) is 5.21. The van der Waals surface area contributed by atoms with Gasteiger partial charge in [0.05, 0.1) is 18.0 Å². The minimum absolute atomic E-state index is 0.00214. The van der Waals surface area contributed by atoms with E-state index in [9.17, 15) is 14.9 Å². The Morgan fingerprint density at radius 1 is 1.53 bits per heavy atom. The molecule has 1 aromatic carbocycles. The molecule has 1 N–H and O–H groups in total. The molecule has 0 bridgehead atoms. The van der Waals surface area contributed by atoms with E-state index in [4.69, 9.17) is 11.5 Å². The highest BCUT2D eigenvalue weighted by molar-refractivity contribution is 5.69. The van der Waals surface area contributed by atoms with Gasteiger partial charge in [0, 0.05) is 18.2 Å². The number of aliphatic carboxylic acids is 1. The smallest absolute Gasteiger partial charge is 0.317 e. The van der Waals surface area contributed by atoms with Crippen LogP contribution >= 0.6 is 0 Å². The van der Waals surface area contributed by atoms with E-state index in [-0.39, 0.29) is 24.8 Å². The molecule has 1 unspecified atom stereocenters. The molecule has 0 aliphatic heterocycles. The van der Waals surface area contributed by atoms with Crippen LogP contribution in [0.3, 0.4) is 0 Å². The maximum absolute atomic E-state index is 10.8. The molecule has 0 saturated heterocycles. The Balaban J connectivity index is 2.89. The van der Waals surface area contributed by atoms with Gasteiger partial charge >= 0.3 is 5.97 Å². The van der Waals surface area contributed by atoms with Gasteiger partial charge < -0.3 is 5.11 Å². The van der Waals surface area contributed by atoms with Gasteiger partial charge in [0.1, 0.15) is 0 Å². The Morgan fingerprint density at radius 2 is 2.11 bits per heavy atom. The fourth-order valence-corrected chi connectivity index (χ4v) is 1.71. The van der Waals surface area contributed by atoms with Gasteiger partial charge in [-0.25, -0.2) is 0 Å². The van der Waals surface area contributed by atoms with E-state index in [1.54, 1.807) is 24.0 Å². The van der Waals surface area contributed by atoms with E-state index >= 15 is 0 Å². The highest BCUT2D eigenvalue weighted by Crippen LogP contribution is 2.22. The van der Waals surface area contributed by atoms with Gasteiger partial charge in [-0.05, 0) is 12.5 Å². The molecule has 1 atom stereocenters. The third-order valence-electron chi connectivity index (χ3n) is 2.77. The van der Waals surface area contributed by atoms with E-state index in [1.165, 1.54) is 12.1 Å². The molecule has 19 heavy (non-hydrogen) atoms. The Labute approximate surface area is 110 Å². The molecule has 0 fully saturated rings. The molecule has 0 spiro atoms. The number of nitrogens with zero attached hydrogens (tertiary/aromatic N) is 2. The zero-order chi connectivity index (χ0) is 14.4. The summed E-state index contributed by atoms with van der Waals surface area (Å²) in [6, 6.07) is 5.76. The van der Waals surface area contributed by atoms with E-state index < -0.39 is 10.9 Å². The number of terminal acetylenes is 1. The predicted molar refractivity (Wildman–Crippen MR) is 69.6 cm³/mol. The largest absolute Gasteiger partial charge is 0.480 e. The van der Waals surface area contributed by atoms with Gasteiger partial charge in [0.25, 0.3) is 5.69 Å². The van der Waals surface area contributed by atoms with Crippen molar-refractivity contribution in [2.45, 2.75) is 13.0 Å². The molecule has 1 rings (SSSR count). The van der Waals surface area contributed by atoms with Crippen molar-refractivity contribution in [3.8, 4) is 12.3 Å². The minimum Gasteiger partial charge on any atom is -0.480 e. The number of rotatable bonds is 6. The highest BCUT2D eigenvalue weighted by atomic mass is 16.6. The van der Waals surface area contributed by atoms with Crippen LogP contribution in [0.25, 0.3) is 0 Å². The Morgan fingerprint density at radius 3 is 2.53 bits per heavy atom. The van der Waals surface area contributed by atoms with Crippen LogP contribution in [0.1, 0.15) is 18.5 Å². The molecule has 1 aromatic rings. The second-order valence-corrected chi connectivity index (χ2v) is 4.03. The molecular formula is C13H14N2O4. The third-order valence-corrected chi connectivity index (χ3v) is 2.77. The number of hydrogen-bond acceptors (Lipinski definition) is 4. The van der Waals surface area contributed by atoms with Gasteiger partial charge in [-0.3, -0.25) is 19.8 Å². The van der Waals surface area contributed by atoms with Crippen LogP contribution in [0.2, 0.25) is 0 Å². The van der Waals surface area contributed by atoms with Crippen LogP contribution in [0.4, 0.5) is 5.69 Å². The van der Waals surface area contributed by atoms with Gasteiger partial charge in [0.2, 0.25) is 0 Å². The quantitative estimate of drug-likeness (QED) is 0.479. The number of carboxylic acids is 1. The molecule has 6 nitrogen and oxygen atoms in total. The molecule has 0 saturated carbocycles. The molecule has 0 radical (unpaired) electrons. The van der Waals surface area contributed by atoms with E-state index in [0.29, 0.717) is 0 Å². The number of non-ortho nitro benzene ring substituents is 1. The van der Waals surface area contributed by atoms with Gasteiger partial charge in [-0.1, -0.05) is 18.1 Å². The summed E-state index contributed by atoms with van der Waals surface area (Å²) in [7, 11) is 0. The van der Waals surface area contributed by atoms with Gasteiger partial charge in [-0.15, -0.1) is 6.42 Å². The van der Waals surface area contributed by atoms with Crippen molar-refractivity contribution < 1.29 is 14.8 Å². The van der Waals surface area contributed by atoms with Crippen molar-refractivity contribution in [1.29, 1.82) is 0 Å². The lowest BCUT2D eigenvalue weighted by atomic mass is 10.1. The molecule has 0 aliphatic rings. The highest BCUT2D eigenvalue weighted by Gasteiger charge is 2.18. The summed E-state index contributed by atoms with van der Waals surface area (Å²) in [4.78, 5) is 22.4. The van der Waals surface area contributed by atoms with E-state index in [2.05, 4.69) is 5.92 Å². The summed E-state index contributed by atoms with van der Waals surface area (Å²) >= 11 is 0. The predicted octanol–water partition coefficient (Wildman–Crippen LogP) is 1.68. The summed E-state index contributed by atoms with van der Waals surface area (Å²) in [5, 5.41) is 19.4. The SMILES string of the molecule is C#CCN(CC(=O)O)C(C)c1ccc([N+](=O)[O-])cc1. The Bertz CT molecular complexity index is 504. The van der Waals surface area contributed by atoms with Crippen LogP contribution in [0.15, 0.2) is 24.3 Å². The number of nitro groups is 1. The van der Waals surface area contributed by atoms with Crippen molar-refractivity contribution in [1.82, 2.24) is 4.90 Å². The zero-order valence-electron chi connectivity index (χ0n) is 10.4. The summed E-state index contributed by atoms with van der Waals surface area (Å²) in [6.45, 7) is 1.83. The van der Waals surface area contributed by atoms with Gasteiger partial charge in [-0.2, -0.15) is 0 Å². The number of carbonyl (C=O) groups is 1. The number of nitro benzene ring substituents is 1. The molecule has 0 heterocycles.